The fraction of sp³-hybridized carbons (Fsp3) is 0.625. The zero-order valence-electron chi connectivity index (χ0n) is 7.25. The molecule has 0 amide bonds. The predicted molar refractivity (Wildman–Crippen MR) is 50.6 cm³/mol. The van der Waals surface area contributed by atoms with Gasteiger partial charge in [0.25, 0.3) is 0 Å². The van der Waals surface area contributed by atoms with E-state index in [4.69, 9.17) is 4.74 Å². The lowest BCUT2D eigenvalue weighted by molar-refractivity contribution is 0.124. The molecule has 4 nitrogen and oxygen atoms in total. The Bertz CT molecular complexity index is 313. The number of aliphatic hydroxyl groups is 1. The van der Waals surface area contributed by atoms with Gasteiger partial charge in [0.15, 0.2) is 0 Å². The van der Waals surface area contributed by atoms with Gasteiger partial charge in [-0.3, -0.25) is 0 Å². The molecule has 2 atom stereocenters. The Morgan fingerprint density at radius 3 is 2.85 bits per heavy atom. The molecule has 0 aromatic carbocycles. The van der Waals surface area contributed by atoms with E-state index in [1.165, 1.54) is 0 Å². The van der Waals surface area contributed by atoms with E-state index in [1.54, 1.807) is 0 Å². The van der Waals surface area contributed by atoms with Crippen LogP contribution in [0.4, 0.5) is 0 Å². The summed E-state index contributed by atoms with van der Waals surface area (Å²) in [5, 5.41) is 9.58. The van der Waals surface area contributed by atoms with Gasteiger partial charge in [-0.05, 0) is 22.9 Å². The molecule has 1 aliphatic heterocycles. The van der Waals surface area contributed by atoms with Crippen LogP contribution in [-0.4, -0.2) is 34.4 Å². The zero-order valence-corrected chi connectivity index (χ0v) is 8.84. The fourth-order valence-corrected chi connectivity index (χ4v) is 2.21. The quantitative estimate of drug-likeness (QED) is 0.776. The number of hydrogen-bond acceptors (Lipinski definition) is 3. The van der Waals surface area contributed by atoms with Gasteiger partial charge in [0, 0.05) is 0 Å². The van der Waals surface area contributed by atoms with Crippen LogP contribution in [0.15, 0.2) is 4.60 Å². The molecule has 0 bridgehead atoms. The first-order valence-corrected chi connectivity index (χ1v) is 4.95. The van der Waals surface area contributed by atoms with Gasteiger partial charge in [-0.1, -0.05) is 0 Å². The molecule has 1 fully saturated rings. The van der Waals surface area contributed by atoms with Crippen molar-refractivity contribution in [2.75, 3.05) is 13.2 Å². The predicted octanol–water partition coefficient (Wildman–Crippen LogP) is 0.955. The van der Waals surface area contributed by atoms with Crippen molar-refractivity contribution in [3.05, 3.63) is 16.1 Å². The van der Waals surface area contributed by atoms with Gasteiger partial charge in [0.1, 0.15) is 10.4 Å². The van der Waals surface area contributed by atoms with E-state index >= 15 is 0 Å². The molecule has 0 radical (unpaired) electrons. The van der Waals surface area contributed by atoms with Gasteiger partial charge in [-0.15, -0.1) is 0 Å². The average molecular weight is 247 g/mol. The molecule has 2 N–H and O–H groups in total. The number of rotatable bonds is 1. The molecule has 5 heteroatoms. The number of aromatic nitrogens is 2. The van der Waals surface area contributed by atoms with Gasteiger partial charge in [-0.2, -0.15) is 0 Å². The Morgan fingerprint density at radius 1 is 1.62 bits per heavy atom. The highest BCUT2D eigenvalue weighted by Crippen LogP contribution is 2.29. The topological polar surface area (TPSA) is 58.1 Å². The summed E-state index contributed by atoms with van der Waals surface area (Å²) < 4.78 is 5.95. The highest BCUT2D eigenvalue weighted by Gasteiger charge is 2.30. The van der Waals surface area contributed by atoms with Gasteiger partial charge in [0.2, 0.25) is 0 Å². The zero-order chi connectivity index (χ0) is 9.42. The first-order chi connectivity index (χ1) is 6.18. The molecule has 1 saturated heterocycles. The number of nitrogens with zero attached hydrogens (tertiary/aromatic N) is 1. The Labute approximate surface area is 84.5 Å². The second kappa shape index (κ2) is 3.40. The number of hydrogen-bond donors (Lipinski definition) is 2. The number of nitrogens with one attached hydrogen (secondary N) is 1. The molecule has 0 saturated carbocycles. The highest BCUT2D eigenvalue weighted by molar-refractivity contribution is 9.10. The van der Waals surface area contributed by atoms with E-state index in [0.717, 1.165) is 16.1 Å². The highest BCUT2D eigenvalue weighted by atomic mass is 79.9. The van der Waals surface area contributed by atoms with E-state index in [1.807, 2.05) is 6.92 Å². The standard InChI is InChI=1S/C8H11BrN2O2/c1-4-10-7(8(9)11-4)5-2-13-3-6(5)12/h5-6,12H,2-3H2,1H3,(H,10,11)/t5-,6-/m1/s1. The monoisotopic (exact) mass is 246 g/mol. The first kappa shape index (κ1) is 9.18. The largest absolute Gasteiger partial charge is 0.390 e. The van der Waals surface area contributed by atoms with Crippen molar-refractivity contribution in [2.45, 2.75) is 18.9 Å². The van der Waals surface area contributed by atoms with Crippen molar-refractivity contribution in [3.63, 3.8) is 0 Å². The Balaban J connectivity index is 2.28. The van der Waals surface area contributed by atoms with E-state index < -0.39 is 6.10 Å². The third-order valence-corrected chi connectivity index (χ3v) is 2.83. The molecule has 2 heterocycles. The summed E-state index contributed by atoms with van der Waals surface area (Å²) in [6.45, 7) is 2.85. The van der Waals surface area contributed by atoms with Gasteiger partial charge in [-0.25, -0.2) is 4.98 Å². The van der Waals surface area contributed by atoms with Crippen LogP contribution in [0.3, 0.4) is 0 Å². The number of aromatic amines is 1. The third kappa shape index (κ3) is 1.63. The SMILES string of the molecule is Cc1nc(Br)c([C@@H]2COC[C@H]2O)[nH]1. The van der Waals surface area contributed by atoms with Crippen LogP contribution in [0.5, 0.6) is 0 Å². The molecule has 1 aliphatic rings. The number of aliphatic hydroxyl groups excluding tert-OH is 1. The normalized spacial score (nSPS) is 28.2. The van der Waals surface area contributed by atoms with Crippen molar-refractivity contribution in [1.82, 2.24) is 9.97 Å². The minimum absolute atomic E-state index is 0.0237. The lowest BCUT2D eigenvalue weighted by Gasteiger charge is -2.09. The average Bonchev–Trinajstić information content (AvgIpc) is 2.58. The molecule has 0 aliphatic carbocycles. The summed E-state index contributed by atoms with van der Waals surface area (Å²) in [6.07, 6.45) is -0.420. The first-order valence-electron chi connectivity index (χ1n) is 4.16. The van der Waals surface area contributed by atoms with Gasteiger partial charge >= 0.3 is 0 Å². The summed E-state index contributed by atoms with van der Waals surface area (Å²) in [6, 6.07) is 0. The molecule has 0 unspecified atom stereocenters. The lowest BCUT2D eigenvalue weighted by Crippen LogP contribution is -2.16. The van der Waals surface area contributed by atoms with Crippen LogP contribution >= 0.6 is 15.9 Å². The van der Waals surface area contributed by atoms with E-state index in [2.05, 4.69) is 25.9 Å². The van der Waals surface area contributed by atoms with Crippen LogP contribution in [-0.2, 0) is 4.74 Å². The Morgan fingerprint density at radius 2 is 2.38 bits per heavy atom. The molecular weight excluding hydrogens is 236 g/mol. The van der Waals surface area contributed by atoms with Gasteiger partial charge in [0.05, 0.1) is 30.9 Å². The number of imidazole rings is 1. The summed E-state index contributed by atoms with van der Waals surface area (Å²) in [5.41, 5.74) is 0.933. The van der Waals surface area contributed by atoms with E-state index in [-0.39, 0.29) is 5.92 Å². The summed E-state index contributed by atoms with van der Waals surface area (Å²) in [4.78, 5) is 7.30. The summed E-state index contributed by atoms with van der Waals surface area (Å²) in [7, 11) is 0. The van der Waals surface area contributed by atoms with Crippen LogP contribution < -0.4 is 0 Å². The van der Waals surface area contributed by atoms with Crippen LogP contribution in [0, 0.1) is 6.92 Å². The third-order valence-electron chi connectivity index (χ3n) is 2.22. The Kier molecular flexibility index (Phi) is 2.40. The molecule has 1 aromatic heterocycles. The molecule has 2 rings (SSSR count). The van der Waals surface area contributed by atoms with Gasteiger partial charge < -0.3 is 14.8 Å². The van der Waals surface area contributed by atoms with Crippen molar-refractivity contribution in [1.29, 1.82) is 0 Å². The molecule has 0 spiro atoms. The molecular formula is C8H11BrN2O2. The summed E-state index contributed by atoms with van der Waals surface area (Å²) in [5.74, 6) is 0.872. The minimum Gasteiger partial charge on any atom is -0.390 e. The minimum atomic E-state index is -0.420. The van der Waals surface area contributed by atoms with Crippen molar-refractivity contribution in [3.8, 4) is 0 Å². The molecule has 13 heavy (non-hydrogen) atoms. The molecule has 1 aromatic rings. The molecule has 72 valence electrons. The lowest BCUT2D eigenvalue weighted by atomic mass is 10.0. The van der Waals surface area contributed by atoms with Crippen molar-refractivity contribution >= 4 is 15.9 Å². The fourth-order valence-electron chi connectivity index (χ4n) is 1.55. The number of aryl methyl sites for hydroxylation is 1. The smallest absolute Gasteiger partial charge is 0.127 e. The van der Waals surface area contributed by atoms with Crippen LogP contribution in [0.25, 0.3) is 0 Å². The summed E-state index contributed by atoms with van der Waals surface area (Å²) >= 11 is 3.35. The van der Waals surface area contributed by atoms with E-state index in [9.17, 15) is 5.11 Å². The number of ether oxygens (including phenoxy) is 1. The Hall–Kier alpha value is -0.390. The maximum Gasteiger partial charge on any atom is 0.127 e. The van der Waals surface area contributed by atoms with Crippen molar-refractivity contribution < 1.29 is 9.84 Å². The number of H-pyrrole nitrogens is 1. The van der Waals surface area contributed by atoms with Crippen LogP contribution in [0.2, 0.25) is 0 Å². The number of halogens is 1. The second-order valence-electron chi connectivity index (χ2n) is 3.24. The second-order valence-corrected chi connectivity index (χ2v) is 3.99. The van der Waals surface area contributed by atoms with Crippen LogP contribution in [0.1, 0.15) is 17.4 Å². The maximum absolute atomic E-state index is 9.58. The van der Waals surface area contributed by atoms with E-state index in [0.29, 0.717) is 13.2 Å². The maximum atomic E-state index is 9.58. The van der Waals surface area contributed by atoms with Crippen molar-refractivity contribution in [2.24, 2.45) is 0 Å².